The Morgan fingerprint density at radius 3 is 2.67 bits per heavy atom. The van der Waals surface area contributed by atoms with Gasteiger partial charge in [-0.05, 0) is 70.0 Å². The molecule has 0 radical (unpaired) electrons. The van der Waals surface area contributed by atoms with E-state index in [-0.39, 0.29) is 18.3 Å². The van der Waals surface area contributed by atoms with Gasteiger partial charge < -0.3 is 19.2 Å². The molecule has 0 atom stereocenters. The van der Waals surface area contributed by atoms with Crippen LogP contribution in [0.4, 0.5) is 5.69 Å². The third-order valence-corrected chi connectivity index (χ3v) is 5.08. The average molecular weight is 510 g/mol. The second-order valence-corrected chi connectivity index (χ2v) is 8.00. The lowest BCUT2D eigenvalue weighted by Gasteiger charge is -2.07. The number of nitrogens with one attached hydrogen (secondary N) is 1. The molecule has 0 spiro atoms. The van der Waals surface area contributed by atoms with Crippen molar-refractivity contribution in [2.45, 2.75) is 13.2 Å². The molecule has 0 bridgehead atoms. The van der Waals surface area contributed by atoms with E-state index in [0.717, 1.165) is 10.0 Å². The summed E-state index contributed by atoms with van der Waals surface area (Å²) in [5, 5.41) is 7.09. The molecule has 1 N–H and O–H groups in total. The third-order valence-electron chi connectivity index (χ3n) is 4.67. The maximum atomic E-state index is 12.6. The first-order chi connectivity index (χ1) is 16.0. The van der Waals surface area contributed by atoms with Crippen LogP contribution in [-0.4, -0.2) is 28.8 Å². The van der Waals surface area contributed by atoms with Crippen molar-refractivity contribution in [3.63, 3.8) is 0 Å². The monoisotopic (exact) mass is 509 g/mol. The molecule has 2 aromatic heterocycles. The number of carbonyl (C=O) groups is 2. The fourth-order valence-corrected chi connectivity index (χ4v) is 3.42. The SMILES string of the molecule is COC(=O)c1ccc(OCc2ccc(C(=O)Nc3cccc(Cn4cc(Br)cn4)c3)o2)cc1. The van der Waals surface area contributed by atoms with Gasteiger partial charge in [0, 0.05) is 11.9 Å². The van der Waals surface area contributed by atoms with E-state index in [2.05, 4.69) is 31.1 Å². The van der Waals surface area contributed by atoms with Gasteiger partial charge in [0.2, 0.25) is 0 Å². The molecule has 33 heavy (non-hydrogen) atoms. The topological polar surface area (TPSA) is 95.6 Å². The number of halogens is 1. The summed E-state index contributed by atoms with van der Waals surface area (Å²) in [6.07, 6.45) is 3.60. The van der Waals surface area contributed by atoms with E-state index < -0.39 is 5.97 Å². The van der Waals surface area contributed by atoms with Gasteiger partial charge in [0.05, 0.1) is 29.9 Å². The first-order valence-electron chi connectivity index (χ1n) is 9.98. The van der Waals surface area contributed by atoms with Gasteiger partial charge in [0.25, 0.3) is 5.91 Å². The minimum atomic E-state index is -0.414. The molecule has 2 aromatic carbocycles. The molecule has 0 aliphatic rings. The van der Waals surface area contributed by atoms with E-state index in [9.17, 15) is 9.59 Å². The highest BCUT2D eigenvalue weighted by atomic mass is 79.9. The summed E-state index contributed by atoms with van der Waals surface area (Å²) < 4.78 is 18.6. The van der Waals surface area contributed by atoms with Gasteiger partial charge in [-0.2, -0.15) is 5.10 Å². The van der Waals surface area contributed by atoms with Gasteiger partial charge >= 0.3 is 5.97 Å². The molecule has 0 saturated heterocycles. The Balaban J connectivity index is 1.33. The number of rotatable bonds is 8. The minimum absolute atomic E-state index is 0.139. The number of ether oxygens (including phenoxy) is 2. The van der Waals surface area contributed by atoms with E-state index in [1.54, 1.807) is 47.3 Å². The molecular weight excluding hydrogens is 490 g/mol. The number of benzene rings is 2. The van der Waals surface area contributed by atoms with Gasteiger partial charge in [-0.1, -0.05) is 12.1 Å². The number of nitrogens with zero attached hydrogens (tertiary/aromatic N) is 2. The number of methoxy groups -OCH3 is 1. The average Bonchev–Trinajstić information content (AvgIpc) is 3.47. The standard InChI is InChI=1S/C24H20BrN3O5/c1-31-24(30)17-5-7-20(8-6-17)32-15-21-9-10-22(33-21)23(29)27-19-4-2-3-16(11-19)13-28-14-18(25)12-26-28/h2-12,14H,13,15H2,1H3,(H,27,29). The fourth-order valence-electron chi connectivity index (χ4n) is 3.09. The Morgan fingerprint density at radius 1 is 1.12 bits per heavy atom. The van der Waals surface area contributed by atoms with Gasteiger partial charge in [0.1, 0.15) is 18.1 Å². The van der Waals surface area contributed by atoms with E-state index in [1.807, 2.05) is 30.5 Å². The van der Waals surface area contributed by atoms with Crippen LogP contribution in [0.25, 0.3) is 0 Å². The smallest absolute Gasteiger partial charge is 0.337 e. The molecule has 0 unspecified atom stereocenters. The second-order valence-electron chi connectivity index (χ2n) is 7.08. The molecule has 0 fully saturated rings. The zero-order chi connectivity index (χ0) is 23.2. The largest absolute Gasteiger partial charge is 0.486 e. The highest BCUT2D eigenvalue weighted by Crippen LogP contribution is 2.18. The predicted molar refractivity (Wildman–Crippen MR) is 124 cm³/mol. The lowest BCUT2D eigenvalue weighted by atomic mass is 10.2. The minimum Gasteiger partial charge on any atom is -0.486 e. The molecular formula is C24H20BrN3O5. The number of carbonyl (C=O) groups excluding carboxylic acids is 2. The lowest BCUT2D eigenvalue weighted by Crippen LogP contribution is -2.11. The molecule has 4 rings (SSSR count). The van der Waals surface area contributed by atoms with Crippen molar-refractivity contribution in [1.82, 2.24) is 9.78 Å². The van der Waals surface area contributed by atoms with Crippen LogP contribution in [0.15, 0.2) is 81.9 Å². The number of aromatic nitrogens is 2. The Morgan fingerprint density at radius 2 is 1.94 bits per heavy atom. The van der Waals surface area contributed by atoms with Crippen LogP contribution >= 0.6 is 15.9 Å². The van der Waals surface area contributed by atoms with Crippen molar-refractivity contribution in [3.05, 3.63) is 100 Å². The van der Waals surface area contributed by atoms with Gasteiger partial charge in [-0.25, -0.2) is 4.79 Å². The maximum Gasteiger partial charge on any atom is 0.337 e. The van der Waals surface area contributed by atoms with Crippen LogP contribution < -0.4 is 10.1 Å². The summed E-state index contributed by atoms with van der Waals surface area (Å²) in [5.41, 5.74) is 2.09. The Bertz CT molecular complexity index is 1260. The summed E-state index contributed by atoms with van der Waals surface area (Å²) in [6, 6.07) is 17.4. The number of anilines is 1. The Kier molecular flexibility index (Phi) is 6.89. The molecule has 2 heterocycles. The number of hydrogen-bond acceptors (Lipinski definition) is 6. The third kappa shape index (κ3) is 5.89. The van der Waals surface area contributed by atoms with Crippen LogP contribution in [0.2, 0.25) is 0 Å². The van der Waals surface area contributed by atoms with Gasteiger partial charge in [0.15, 0.2) is 5.76 Å². The molecule has 1 amide bonds. The van der Waals surface area contributed by atoms with Crippen LogP contribution in [0.1, 0.15) is 32.2 Å². The summed E-state index contributed by atoms with van der Waals surface area (Å²) >= 11 is 3.38. The molecule has 168 valence electrons. The highest BCUT2D eigenvalue weighted by molar-refractivity contribution is 9.10. The van der Waals surface area contributed by atoms with Crippen LogP contribution in [0.3, 0.4) is 0 Å². The van der Waals surface area contributed by atoms with Crippen molar-refractivity contribution in [1.29, 1.82) is 0 Å². The number of furan rings is 1. The van der Waals surface area contributed by atoms with Crippen molar-refractivity contribution in [2.75, 3.05) is 12.4 Å². The van der Waals surface area contributed by atoms with E-state index in [0.29, 0.717) is 29.3 Å². The maximum absolute atomic E-state index is 12.6. The molecule has 9 heteroatoms. The Hall–Kier alpha value is -3.85. The summed E-state index contributed by atoms with van der Waals surface area (Å²) in [7, 11) is 1.33. The zero-order valence-corrected chi connectivity index (χ0v) is 19.2. The van der Waals surface area contributed by atoms with E-state index >= 15 is 0 Å². The molecule has 4 aromatic rings. The van der Waals surface area contributed by atoms with Gasteiger partial charge in [-0.15, -0.1) is 0 Å². The number of amides is 1. The lowest BCUT2D eigenvalue weighted by molar-refractivity contribution is 0.0600. The first-order valence-corrected chi connectivity index (χ1v) is 10.8. The van der Waals surface area contributed by atoms with Crippen LogP contribution in [0.5, 0.6) is 5.75 Å². The zero-order valence-electron chi connectivity index (χ0n) is 17.7. The fraction of sp³-hybridized carbons (Fsp3) is 0.125. The normalized spacial score (nSPS) is 10.6. The van der Waals surface area contributed by atoms with Crippen molar-refractivity contribution in [3.8, 4) is 5.75 Å². The number of esters is 1. The van der Waals surface area contributed by atoms with Crippen molar-refractivity contribution < 1.29 is 23.5 Å². The molecule has 0 aliphatic carbocycles. The summed E-state index contributed by atoms with van der Waals surface area (Å²) in [4.78, 5) is 24.1. The van der Waals surface area contributed by atoms with Crippen molar-refractivity contribution in [2.24, 2.45) is 0 Å². The highest BCUT2D eigenvalue weighted by Gasteiger charge is 2.13. The molecule has 0 saturated carbocycles. The second kappa shape index (κ2) is 10.2. The summed E-state index contributed by atoms with van der Waals surface area (Å²) in [6.45, 7) is 0.720. The predicted octanol–water partition coefficient (Wildman–Crippen LogP) is 4.90. The number of hydrogen-bond donors (Lipinski definition) is 1. The van der Waals surface area contributed by atoms with Crippen molar-refractivity contribution >= 4 is 33.5 Å². The Labute approximate surface area is 198 Å². The van der Waals surface area contributed by atoms with Gasteiger partial charge in [-0.3, -0.25) is 9.48 Å². The molecule has 8 nitrogen and oxygen atoms in total. The van der Waals surface area contributed by atoms with E-state index in [1.165, 1.54) is 7.11 Å². The first kappa shape index (κ1) is 22.3. The quantitative estimate of drug-likeness (QED) is 0.339. The van der Waals surface area contributed by atoms with Crippen LogP contribution in [0, 0.1) is 0 Å². The van der Waals surface area contributed by atoms with Crippen LogP contribution in [-0.2, 0) is 17.9 Å². The van der Waals surface area contributed by atoms with E-state index in [4.69, 9.17) is 9.15 Å². The molecule has 0 aliphatic heterocycles. The summed E-state index contributed by atoms with van der Waals surface area (Å²) in [5.74, 6) is 0.461.